The molecule has 1 amide bonds. The maximum Gasteiger partial charge on any atom is 0.275 e. The number of rotatable bonds is 3. The number of hydrogen-bond acceptors (Lipinski definition) is 5. The number of aromatic nitrogens is 1. The first-order valence-electron chi connectivity index (χ1n) is 5.19. The third-order valence-electron chi connectivity index (χ3n) is 2.25. The first kappa shape index (κ1) is 12.2. The number of nitrogens with zero attached hydrogens (tertiary/aromatic N) is 2. The predicted octanol–water partition coefficient (Wildman–Crippen LogP) is 1.73. The molecule has 3 N–H and O–H groups in total. The van der Waals surface area contributed by atoms with Crippen molar-refractivity contribution in [1.29, 1.82) is 5.26 Å². The fraction of sp³-hybridized carbons (Fsp3) is 0.0833. The minimum atomic E-state index is -0.339. The molecule has 0 unspecified atom stereocenters. The number of hydrogen-bond donors (Lipinski definition) is 2. The molecule has 0 saturated heterocycles. The Balaban J connectivity index is 2.19. The number of thiazole rings is 1. The fourth-order valence-electron chi connectivity index (χ4n) is 1.38. The van der Waals surface area contributed by atoms with Gasteiger partial charge < -0.3 is 11.1 Å². The van der Waals surface area contributed by atoms with Gasteiger partial charge >= 0.3 is 0 Å². The highest BCUT2D eigenvalue weighted by molar-refractivity contribution is 7.09. The van der Waals surface area contributed by atoms with E-state index >= 15 is 0 Å². The van der Waals surface area contributed by atoms with Crippen LogP contribution in [0.5, 0.6) is 0 Å². The maximum absolute atomic E-state index is 11.9. The number of amides is 1. The summed E-state index contributed by atoms with van der Waals surface area (Å²) in [5.74, 6) is -0.339. The van der Waals surface area contributed by atoms with E-state index in [-0.39, 0.29) is 5.91 Å². The lowest BCUT2D eigenvalue weighted by Gasteiger charge is -2.04. The molecule has 6 heteroatoms. The Kier molecular flexibility index (Phi) is 3.67. The third-order valence-corrected chi connectivity index (χ3v) is 3.13. The van der Waals surface area contributed by atoms with Crippen LogP contribution in [0.2, 0.25) is 0 Å². The van der Waals surface area contributed by atoms with E-state index < -0.39 is 0 Å². The lowest BCUT2D eigenvalue weighted by Crippen LogP contribution is -2.13. The minimum absolute atomic E-state index is 0.312. The number of nitrogens with two attached hydrogens (primary N) is 1. The number of anilines is 1. The molecule has 18 heavy (non-hydrogen) atoms. The number of nitrogens with one attached hydrogen (secondary N) is 1. The van der Waals surface area contributed by atoms with Crippen molar-refractivity contribution in [2.45, 2.75) is 6.54 Å². The quantitative estimate of drug-likeness (QED) is 0.876. The van der Waals surface area contributed by atoms with Gasteiger partial charge in [-0.2, -0.15) is 5.26 Å². The van der Waals surface area contributed by atoms with Crippen LogP contribution in [0.15, 0.2) is 29.6 Å². The van der Waals surface area contributed by atoms with Gasteiger partial charge in [-0.3, -0.25) is 4.79 Å². The van der Waals surface area contributed by atoms with Crippen molar-refractivity contribution in [1.82, 2.24) is 4.98 Å². The largest absolute Gasteiger partial charge is 0.325 e. The smallest absolute Gasteiger partial charge is 0.275 e. The second-order valence-electron chi connectivity index (χ2n) is 3.44. The molecule has 0 fully saturated rings. The van der Waals surface area contributed by atoms with Crippen LogP contribution in [0.4, 0.5) is 5.69 Å². The Hall–Kier alpha value is -2.23. The van der Waals surface area contributed by atoms with Gasteiger partial charge in [-0.15, -0.1) is 11.3 Å². The zero-order chi connectivity index (χ0) is 13.0. The van der Waals surface area contributed by atoms with E-state index in [2.05, 4.69) is 10.3 Å². The first-order valence-corrected chi connectivity index (χ1v) is 6.07. The van der Waals surface area contributed by atoms with E-state index in [1.807, 2.05) is 6.07 Å². The molecule has 1 heterocycles. The molecule has 0 aliphatic rings. The fourth-order valence-corrected chi connectivity index (χ4v) is 2.04. The highest BCUT2D eigenvalue weighted by atomic mass is 32.1. The van der Waals surface area contributed by atoms with Crippen LogP contribution < -0.4 is 11.1 Å². The second kappa shape index (κ2) is 5.40. The van der Waals surface area contributed by atoms with Crippen LogP contribution in [0.25, 0.3) is 0 Å². The summed E-state index contributed by atoms with van der Waals surface area (Å²) in [7, 11) is 0. The molecule has 0 spiro atoms. The van der Waals surface area contributed by atoms with Crippen LogP contribution in [-0.2, 0) is 6.54 Å². The number of para-hydroxylation sites is 1. The van der Waals surface area contributed by atoms with E-state index in [9.17, 15) is 4.79 Å². The zero-order valence-electron chi connectivity index (χ0n) is 9.38. The summed E-state index contributed by atoms with van der Waals surface area (Å²) < 4.78 is 0. The van der Waals surface area contributed by atoms with Crippen LogP contribution in [-0.4, -0.2) is 10.9 Å². The van der Waals surface area contributed by atoms with Crippen molar-refractivity contribution in [3.63, 3.8) is 0 Å². The number of carbonyl (C=O) groups is 1. The Morgan fingerprint density at radius 1 is 1.50 bits per heavy atom. The summed E-state index contributed by atoms with van der Waals surface area (Å²) in [6.45, 7) is 0.312. The van der Waals surface area contributed by atoms with Crippen molar-refractivity contribution in [2.75, 3.05) is 5.32 Å². The molecule has 2 rings (SSSR count). The van der Waals surface area contributed by atoms with Crippen LogP contribution in [0, 0.1) is 11.3 Å². The maximum atomic E-state index is 11.9. The van der Waals surface area contributed by atoms with E-state index in [0.717, 1.165) is 0 Å². The van der Waals surface area contributed by atoms with E-state index in [1.54, 1.807) is 29.6 Å². The molecule has 1 aromatic carbocycles. The van der Waals surface area contributed by atoms with E-state index in [1.165, 1.54) is 11.3 Å². The summed E-state index contributed by atoms with van der Waals surface area (Å²) >= 11 is 1.34. The zero-order valence-corrected chi connectivity index (χ0v) is 10.2. The molecule has 5 nitrogen and oxygen atoms in total. The normalized spacial score (nSPS) is 9.78. The van der Waals surface area contributed by atoms with Gasteiger partial charge in [-0.25, -0.2) is 4.98 Å². The van der Waals surface area contributed by atoms with Gasteiger partial charge in [0.1, 0.15) is 16.8 Å². The minimum Gasteiger partial charge on any atom is -0.325 e. The standard InChI is InChI=1S/C12H10N4OS/c13-5-8-3-1-2-4-9(8)16-12(17)10-7-18-11(6-14)15-10/h1-4,7H,6,14H2,(H,16,17). The molecule has 0 atom stereocenters. The molecular weight excluding hydrogens is 248 g/mol. The highest BCUT2D eigenvalue weighted by Crippen LogP contribution is 2.16. The summed E-state index contributed by atoms with van der Waals surface area (Å²) in [5.41, 5.74) is 6.64. The topological polar surface area (TPSA) is 91.8 Å². The SMILES string of the molecule is N#Cc1ccccc1NC(=O)c1csc(CN)n1. The molecule has 0 aliphatic heterocycles. The molecule has 0 radical (unpaired) electrons. The molecule has 1 aromatic heterocycles. The van der Waals surface area contributed by atoms with Gasteiger partial charge in [-0.05, 0) is 12.1 Å². The molecule has 90 valence electrons. The number of benzene rings is 1. The average molecular weight is 258 g/mol. The summed E-state index contributed by atoms with van der Waals surface area (Å²) in [6.07, 6.45) is 0. The van der Waals surface area contributed by atoms with Crippen LogP contribution >= 0.6 is 11.3 Å². The van der Waals surface area contributed by atoms with Gasteiger partial charge in [0.15, 0.2) is 0 Å². The van der Waals surface area contributed by atoms with Crippen molar-refractivity contribution in [3.8, 4) is 6.07 Å². The monoisotopic (exact) mass is 258 g/mol. The van der Waals surface area contributed by atoms with Crippen LogP contribution in [0.3, 0.4) is 0 Å². The Labute approximate surface area is 108 Å². The van der Waals surface area contributed by atoms with Gasteiger partial charge in [0.25, 0.3) is 5.91 Å². The molecule has 2 aromatic rings. The lowest BCUT2D eigenvalue weighted by atomic mass is 10.2. The number of nitriles is 1. The van der Waals surface area contributed by atoms with Gasteiger partial charge in [0, 0.05) is 11.9 Å². The van der Waals surface area contributed by atoms with E-state index in [4.69, 9.17) is 11.0 Å². The van der Waals surface area contributed by atoms with Crippen molar-refractivity contribution in [2.24, 2.45) is 5.73 Å². The Morgan fingerprint density at radius 3 is 2.94 bits per heavy atom. The highest BCUT2D eigenvalue weighted by Gasteiger charge is 2.12. The molecule has 0 bridgehead atoms. The first-order chi connectivity index (χ1) is 8.74. The molecular formula is C12H10N4OS. The summed E-state index contributed by atoms with van der Waals surface area (Å²) in [4.78, 5) is 16.0. The lowest BCUT2D eigenvalue weighted by molar-refractivity contribution is 0.102. The summed E-state index contributed by atoms with van der Waals surface area (Å²) in [6, 6.07) is 8.82. The van der Waals surface area contributed by atoms with Crippen LogP contribution in [0.1, 0.15) is 21.1 Å². The predicted molar refractivity (Wildman–Crippen MR) is 69.1 cm³/mol. The molecule has 0 aliphatic carbocycles. The van der Waals surface area contributed by atoms with Gasteiger partial charge in [0.05, 0.1) is 11.3 Å². The van der Waals surface area contributed by atoms with Gasteiger partial charge in [-0.1, -0.05) is 12.1 Å². The Bertz CT molecular complexity index is 615. The average Bonchev–Trinajstić information content (AvgIpc) is 2.88. The third kappa shape index (κ3) is 2.53. The van der Waals surface area contributed by atoms with Gasteiger partial charge in [0.2, 0.25) is 0 Å². The van der Waals surface area contributed by atoms with Crippen molar-refractivity contribution < 1.29 is 4.79 Å². The Morgan fingerprint density at radius 2 is 2.28 bits per heavy atom. The summed E-state index contributed by atoms with van der Waals surface area (Å²) in [5, 5.41) is 13.9. The van der Waals surface area contributed by atoms with Crippen molar-refractivity contribution in [3.05, 3.63) is 45.9 Å². The second-order valence-corrected chi connectivity index (χ2v) is 4.38. The molecule has 0 saturated carbocycles. The number of carbonyl (C=O) groups excluding carboxylic acids is 1. The van der Waals surface area contributed by atoms with Crippen molar-refractivity contribution >= 4 is 22.9 Å². The van der Waals surface area contributed by atoms with E-state index in [0.29, 0.717) is 28.5 Å².